The SMILES string of the molecule is O=C1CCN(c2cnn3ccc(CC4CCN(C(=O)Oc5ccccc5)CC4)cc23)C(=O)N1. The monoisotopic (exact) mass is 447 g/mol. The predicted octanol–water partition coefficient (Wildman–Crippen LogP) is 3.23. The lowest BCUT2D eigenvalue weighted by molar-refractivity contribution is -0.120. The van der Waals surface area contributed by atoms with Crippen molar-refractivity contribution in [2.75, 3.05) is 24.5 Å². The second-order valence-electron chi connectivity index (χ2n) is 8.47. The molecule has 5 rings (SSSR count). The van der Waals surface area contributed by atoms with Crippen molar-refractivity contribution in [3.63, 3.8) is 0 Å². The number of piperidine rings is 1. The van der Waals surface area contributed by atoms with Crippen LogP contribution in [0.15, 0.2) is 54.9 Å². The number of nitrogens with zero attached hydrogens (tertiary/aromatic N) is 4. The molecule has 2 aliphatic rings. The number of carbonyl (C=O) groups excluding carboxylic acids is 3. The van der Waals surface area contributed by atoms with Crippen molar-refractivity contribution in [1.29, 1.82) is 0 Å². The minimum atomic E-state index is -0.415. The summed E-state index contributed by atoms with van der Waals surface area (Å²) in [5.74, 6) is 0.754. The molecule has 9 nitrogen and oxygen atoms in total. The first-order valence-electron chi connectivity index (χ1n) is 11.2. The highest BCUT2D eigenvalue weighted by molar-refractivity contribution is 6.07. The summed E-state index contributed by atoms with van der Waals surface area (Å²) >= 11 is 0. The molecule has 1 N–H and O–H groups in total. The van der Waals surface area contributed by atoms with Crippen LogP contribution in [0.1, 0.15) is 24.8 Å². The van der Waals surface area contributed by atoms with Crippen LogP contribution in [0.25, 0.3) is 5.52 Å². The summed E-state index contributed by atoms with van der Waals surface area (Å²) in [4.78, 5) is 39.5. The van der Waals surface area contributed by atoms with Gasteiger partial charge in [-0.05, 0) is 55.0 Å². The average Bonchev–Trinajstić information content (AvgIpc) is 3.23. The van der Waals surface area contributed by atoms with Crippen molar-refractivity contribution in [3.8, 4) is 5.75 Å². The molecule has 2 aromatic heterocycles. The maximum absolute atomic E-state index is 12.4. The zero-order valence-electron chi connectivity index (χ0n) is 18.1. The van der Waals surface area contributed by atoms with E-state index in [0.717, 1.165) is 30.3 Å². The van der Waals surface area contributed by atoms with Crippen LogP contribution in [0.5, 0.6) is 5.75 Å². The Labute approximate surface area is 190 Å². The highest BCUT2D eigenvalue weighted by Crippen LogP contribution is 2.27. The number of likely N-dealkylation sites (tertiary alicyclic amines) is 1. The zero-order valence-corrected chi connectivity index (χ0v) is 18.1. The minimum absolute atomic E-state index is 0.257. The molecule has 2 fully saturated rings. The summed E-state index contributed by atoms with van der Waals surface area (Å²) in [6.45, 7) is 1.67. The van der Waals surface area contributed by atoms with E-state index in [1.54, 1.807) is 32.6 Å². The molecule has 3 aromatic rings. The average molecular weight is 447 g/mol. The summed E-state index contributed by atoms with van der Waals surface area (Å²) in [7, 11) is 0. The van der Waals surface area contributed by atoms with Crippen molar-refractivity contribution in [2.45, 2.75) is 25.7 Å². The van der Waals surface area contributed by atoms with E-state index in [2.05, 4.69) is 16.5 Å². The fourth-order valence-electron chi connectivity index (χ4n) is 4.45. The van der Waals surface area contributed by atoms with Crippen LogP contribution in [-0.4, -0.2) is 52.2 Å². The molecule has 9 heteroatoms. The summed E-state index contributed by atoms with van der Waals surface area (Å²) in [6, 6.07) is 12.8. The fourth-order valence-corrected chi connectivity index (χ4v) is 4.45. The molecule has 0 unspecified atom stereocenters. The number of hydrogen-bond donors (Lipinski definition) is 1. The Balaban J connectivity index is 1.22. The number of urea groups is 1. The van der Waals surface area contributed by atoms with Gasteiger partial charge in [-0.3, -0.25) is 15.0 Å². The number of anilines is 1. The number of benzene rings is 1. The number of carbonyl (C=O) groups is 3. The molecule has 2 saturated heterocycles. The number of pyridine rings is 1. The van der Waals surface area contributed by atoms with Crippen molar-refractivity contribution in [2.24, 2.45) is 5.92 Å². The van der Waals surface area contributed by atoms with E-state index in [0.29, 0.717) is 37.0 Å². The summed E-state index contributed by atoms with van der Waals surface area (Å²) in [5, 5.41) is 6.71. The van der Waals surface area contributed by atoms with Crippen molar-refractivity contribution in [1.82, 2.24) is 19.8 Å². The lowest BCUT2D eigenvalue weighted by atomic mass is 9.90. The number of amides is 4. The van der Waals surface area contributed by atoms with E-state index in [9.17, 15) is 14.4 Å². The minimum Gasteiger partial charge on any atom is -0.410 e. The number of ether oxygens (including phenoxy) is 1. The van der Waals surface area contributed by atoms with Crippen LogP contribution in [0.2, 0.25) is 0 Å². The third-order valence-corrected chi connectivity index (χ3v) is 6.26. The van der Waals surface area contributed by atoms with Crippen molar-refractivity contribution >= 4 is 29.2 Å². The van der Waals surface area contributed by atoms with Crippen LogP contribution in [0.3, 0.4) is 0 Å². The Morgan fingerprint density at radius 1 is 1.09 bits per heavy atom. The highest BCUT2D eigenvalue weighted by Gasteiger charge is 2.27. The van der Waals surface area contributed by atoms with Gasteiger partial charge in [0.15, 0.2) is 0 Å². The van der Waals surface area contributed by atoms with Crippen LogP contribution >= 0.6 is 0 Å². The molecular formula is C24H25N5O4. The van der Waals surface area contributed by atoms with Gasteiger partial charge >= 0.3 is 12.1 Å². The number of para-hydroxylation sites is 1. The van der Waals surface area contributed by atoms with E-state index < -0.39 is 6.03 Å². The third kappa shape index (κ3) is 4.52. The second-order valence-corrected chi connectivity index (χ2v) is 8.47. The van der Waals surface area contributed by atoms with Crippen LogP contribution in [0, 0.1) is 5.92 Å². The number of imide groups is 1. The first-order valence-corrected chi connectivity index (χ1v) is 11.2. The van der Waals surface area contributed by atoms with Crippen LogP contribution in [-0.2, 0) is 11.2 Å². The quantitative estimate of drug-likeness (QED) is 0.662. The largest absolute Gasteiger partial charge is 0.415 e. The molecule has 1 aromatic carbocycles. The first-order chi connectivity index (χ1) is 16.1. The summed E-state index contributed by atoms with van der Waals surface area (Å²) < 4.78 is 7.19. The summed E-state index contributed by atoms with van der Waals surface area (Å²) in [6.07, 6.45) is 6.21. The maximum atomic E-state index is 12.4. The van der Waals surface area contributed by atoms with Gasteiger partial charge in [-0.15, -0.1) is 0 Å². The number of hydrogen-bond acceptors (Lipinski definition) is 5. The van der Waals surface area contributed by atoms with Gasteiger partial charge in [0.2, 0.25) is 5.91 Å². The lowest BCUT2D eigenvalue weighted by Crippen LogP contribution is -2.49. The standard InChI is InChI=1S/C24H25N5O4/c30-22-9-12-28(23(31)26-22)21-16-25-29-13-8-18(15-20(21)29)14-17-6-10-27(11-7-17)24(32)33-19-4-2-1-3-5-19/h1-5,8,13,15-17H,6-7,9-12,14H2,(H,26,30,31). The molecule has 0 spiro atoms. The Morgan fingerprint density at radius 3 is 2.64 bits per heavy atom. The molecular weight excluding hydrogens is 422 g/mol. The van der Waals surface area contributed by atoms with Crippen LogP contribution < -0.4 is 15.0 Å². The molecule has 0 radical (unpaired) electrons. The molecule has 170 valence electrons. The second kappa shape index (κ2) is 8.93. The normalized spacial score (nSPS) is 17.3. The van der Waals surface area contributed by atoms with Gasteiger partial charge in [0.25, 0.3) is 0 Å². The smallest absolute Gasteiger partial charge is 0.410 e. The highest BCUT2D eigenvalue weighted by atomic mass is 16.6. The Kier molecular flexibility index (Phi) is 5.68. The fraction of sp³-hybridized carbons (Fsp3) is 0.333. The number of nitrogens with one attached hydrogen (secondary N) is 1. The van der Waals surface area contributed by atoms with E-state index in [-0.39, 0.29) is 18.4 Å². The van der Waals surface area contributed by atoms with E-state index in [1.165, 1.54) is 0 Å². The van der Waals surface area contributed by atoms with Gasteiger partial charge in [0, 0.05) is 32.3 Å². The number of rotatable bonds is 4. The van der Waals surface area contributed by atoms with Gasteiger partial charge in [-0.25, -0.2) is 14.1 Å². The Hall–Kier alpha value is -3.88. The molecule has 0 bridgehead atoms. The van der Waals surface area contributed by atoms with Gasteiger partial charge in [0.1, 0.15) is 5.75 Å². The first kappa shape index (κ1) is 21.0. The maximum Gasteiger partial charge on any atom is 0.415 e. The van der Waals surface area contributed by atoms with Gasteiger partial charge in [-0.1, -0.05) is 18.2 Å². The molecule has 0 aliphatic carbocycles. The molecule has 0 atom stereocenters. The molecule has 4 amide bonds. The lowest BCUT2D eigenvalue weighted by Gasteiger charge is -2.31. The van der Waals surface area contributed by atoms with E-state index in [4.69, 9.17) is 4.74 Å². The van der Waals surface area contributed by atoms with Gasteiger partial charge < -0.3 is 9.64 Å². The van der Waals surface area contributed by atoms with Gasteiger partial charge in [0.05, 0.1) is 17.4 Å². The predicted molar refractivity (Wildman–Crippen MR) is 121 cm³/mol. The Bertz CT molecular complexity index is 1180. The molecule has 0 saturated carbocycles. The van der Waals surface area contributed by atoms with Crippen LogP contribution in [0.4, 0.5) is 15.3 Å². The Morgan fingerprint density at radius 2 is 1.88 bits per heavy atom. The topological polar surface area (TPSA) is 96.2 Å². The van der Waals surface area contributed by atoms with Crippen molar-refractivity contribution < 1.29 is 19.1 Å². The molecule has 33 heavy (non-hydrogen) atoms. The summed E-state index contributed by atoms with van der Waals surface area (Å²) in [5.41, 5.74) is 2.68. The number of aromatic nitrogens is 2. The third-order valence-electron chi connectivity index (χ3n) is 6.26. The number of fused-ring (bicyclic) bond motifs is 1. The van der Waals surface area contributed by atoms with E-state index in [1.807, 2.05) is 30.5 Å². The zero-order chi connectivity index (χ0) is 22.8. The molecule has 2 aliphatic heterocycles. The van der Waals surface area contributed by atoms with E-state index >= 15 is 0 Å². The molecule has 4 heterocycles. The van der Waals surface area contributed by atoms with Crippen molar-refractivity contribution in [3.05, 3.63) is 60.4 Å². The van der Waals surface area contributed by atoms with Gasteiger partial charge in [-0.2, -0.15) is 5.10 Å².